The summed E-state index contributed by atoms with van der Waals surface area (Å²) in [6.07, 6.45) is 4.64. The molecule has 84 valence electrons. The van der Waals surface area contributed by atoms with Crippen LogP contribution in [0.25, 0.3) is 0 Å². The van der Waals surface area contributed by atoms with Crippen molar-refractivity contribution in [3.8, 4) is 0 Å². The Bertz CT molecular complexity index is 158. The fourth-order valence-corrected chi connectivity index (χ4v) is 2.58. The largest absolute Gasteiger partial charge is 0.393 e. The van der Waals surface area contributed by atoms with E-state index in [1.807, 2.05) is 0 Å². The van der Waals surface area contributed by atoms with Crippen molar-refractivity contribution in [1.29, 1.82) is 0 Å². The van der Waals surface area contributed by atoms with Crippen molar-refractivity contribution in [3.63, 3.8) is 0 Å². The molecule has 14 heavy (non-hydrogen) atoms. The van der Waals surface area contributed by atoms with E-state index in [-0.39, 0.29) is 6.10 Å². The molecule has 0 aromatic carbocycles. The molecular formula is C12H24O2. The summed E-state index contributed by atoms with van der Waals surface area (Å²) < 4.78 is 5.04. The molecule has 2 nitrogen and oxygen atoms in total. The Morgan fingerprint density at radius 1 is 1.43 bits per heavy atom. The van der Waals surface area contributed by atoms with Crippen molar-refractivity contribution in [3.05, 3.63) is 0 Å². The molecule has 0 radical (unpaired) electrons. The first-order chi connectivity index (χ1) is 6.66. The molecule has 1 aliphatic rings. The van der Waals surface area contributed by atoms with Crippen LogP contribution in [0.3, 0.4) is 0 Å². The lowest BCUT2D eigenvalue weighted by Gasteiger charge is -2.27. The Kier molecular flexibility index (Phi) is 4.90. The molecule has 1 saturated carbocycles. The standard InChI is InChI=1S/C12H24O2/c1-9-5-4-6-11(9)12(13)10(2)7-8-14-3/h9-13H,4-8H2,1-3H3. The van der Waals surface area contributed by atoms with Crippen molar-refractivity contribution in [2.75, 3.05) is 13.7 Å². The highest BCUT2D eigenvalue weighted by molar-refractivity contribution is 4.82. The number of methoxy groups -OCH3 is 1. The zero-order valence-electron chi connectivity index (χ0n) is 9.70. The van der Waals surface area contributed by atoms with Crippen molar-refractivity contribution in [2.45, 2.75) is 45.6 Å². The number of ether oxygens (including phenoxy) is 1. The molecule has 1 aliphatic carbocycles. The van der Waals surface area contributed by atoms with Crippen LogP contribution >= 0.6 is 0 Å². The van der Waals surface area contributed by atoms with E-state index in [9.17, 15) is 5.11 Å². The number of hydrogen-bond acceptors (Lipinski definition) is 2. The predicted molar refractivity (Wildman–Crippen MR) is 58.2 cm³/mol. The minimum Gasteiger partial charge on any atom is -0.393 e. The number of hydrogen-bond donors (Lipinski definition) is 1. The summed E-state index contributed by atoms with van der Waals surface area (Å²) >= 11 is 0. The summed E-state index contributed by atoms with van der Waals surface area (Å²) in [5.74, 6) is 1.61. The highest BCUT2D eigenvalue weighted by atomic mass is 16.5. The van der Waals surface area contributed by atoms with Crippen LogP contribution in [-0.2, 0) is 4.74 Å². The maximum absolute atomic E-state index is 10.2. The molecule has 2 heteroatoms. The van der Waals surface area contributed by atoms with E-state index in [0.29, 0.717) is 17.8 Å². The first-order valence-electron chi connectivity index (χ1n) is 5.83. The highest BCUT2D eigenvalue weighted by Gasteiger charge is 2.32. The van der Waals surface area contributed by atoms with Gasteiger partial charge in [0.05, 0.1) is 6.10 Å². The third-order valence-electron chi connectivity index (χ3n) is 3.73. The molecule has 0 saturated heterocycles. The van der Waals surface area contributed by atoms with Crippen LogP contribution in [0.15, 0.2) is 0 Å². The van der Waals surface area contributed by atoms with Crippen LogP contribution in [0, 0.1) is 17.8 Å². The van der Waals surface area contributed by atoms with Gasteiger partial charge < -0.3 is 9.84 Å². The average Bonchev–Trinajstić information content (AvgIpc) is 2.59. The van der Waals surface area contributed by atoms with Crippen LogP contribution in [0.2, 0.25) is 0 Å². The minimum atomic E-state index is -0.123. The Balaban J connectivity index is 2.34. The van der Waals surface area contributed by atoms with Crippen LogP contribution < -0.4 is 0 Å². The van der Waals surface area contributed by atoms with Gasteiger partial charge in [-0.1, -0.05) is 26.7 Å². The monoisotopic (exact) mass is 200 g/mol. The van der Waals surface area contributed by atoms with E-state index >= 15 is 0 Å². The molecule has 0 heterocycles. The van der Waals surface area contributed by atoms with Crippen LogP contribution in [0.1, 0.15) is 39.5 Å². The van der Waals surface area contributed by atoms with Crippen molar-refractivity contribution < 1.29 is 9.84 Å². The van der Waals surface area contributed by atoms with Crippen molar-refractivity contribution in [2.24, 2.45) is 17.8 Å². The van der Waals surface area contributed by atoms with Gasteiger partial charge in [-0.3, -0.25) is 0 Å². The zero-order chi connectivity index (χ0) is 10.6. The van der Waals surface area contributed by atoms with Gasteiger partial charge in [0.15, 0.2) is 0 Å². The molecule has 0 aromatic heterocycles. The molecule has 4 unspecified atom stereocenters. The van der Waals surface area contributed by atoms with Gasteiger partial charge in [0.2, 0.25) is 0 Å². The molecule has 1 N–H and O–H groups in total. The van der Waals surface area contributed by atoms with Gasteiger partial charge >= 0.3 is 0 Å². The molecule has 0 aromatic rings. The van der Waals surface area contributed by atoms with E-state index in [1.54, 1.807) is 7.11 Å². The van der Waals surface area contributed by atoms with Gasteiger partial charge in [0, 0.05) is 13.7 Å². The van der Waals surface area contributed by atoms with Crippen LogP contribution in [-0.4, -0.2) is 24.9 Å². The lowest BCUT2D eigenvalue weighted by Crippen LogP contribution is -2.29. The molecule has 1 fully saturated rings. The molecule has 4 atom stereocenters. The van der Waals surface area contributed by atoms with Gasteiger partial charge in [0.25, 0.3) is 0 Å². The summed E-state index contributed by atoms with van der Waals surface area (Å²) in [6.45, 7) is 5.16. The molecule has 0 spiro atoms. The number of aliphatic hydroxyl groups is 1. The predicted octanol–water partition coefficient (Wildman–Crippen LogP) is 2.46. The van der Waals surface area contributed by atoms with Crippen LogP contribution in [0.5, 0.6) is 0 Å². The van der Waals surface area contributed by atoms with E-state index < -0.39 is 0 Å². The maximum atomic E-state index is 10.2. The van der Waals surface area contributed by atoms with E-state index in [0.717, 1.165) is 13.0 Å². The highest BCUT2D eigenvalue weighted by Crippen LogP contribution is 2.36. The van der Waals surface area contributed by atoms with Crippen molar-refractivity contribution in [1.82, 2.24) is 0 Å². The van der Waals surface area contributed by atoms with Gasteiger partial charge in [-0.2, -0.15) is 0 Å². The summed E-state index contributed by atoms with van der Waals surface area (Å²) in [7, 11) is 1.72. The first kappa shape index (κ1) is 12.0. The Morgan fingerprint density at radius 2 is 2.14 bits per heavy atom. The van der Waals surface area contributed by atoms with Gasteiger partial charge in [-0.05, 0) is 30.6 Å². The second-order valence-corrected chi connectivity index (χ2v) is 4.82. The Labute approximate surface area is 87.7 Å². The Hall–Kier alpha value is -0.0800. The van der Waals surface area contributed by atoms with Gasteiger partial charge in [0.1, 0.15) is 0 Å². The lowest BCUT2D eigenvalue weighted by atomic mass is 9.84. The molecule has 0 amide bonds. The summed E-state index contributed by atoms with van der Waals surface area (Å²) in [6, 6.07) is 0. The smallest absolute Gasteiger partial charge is 0.0597 e. The summed E-state index contributed by atoms with van der Waals surface area (Å²) in [5.41, 5.74) is 0. The molecule has 0 aliphatic heterocycles. The molecule has 1 rings (SSSR count). The topological polar surface area (TPSA) is 29.5 Å². The molecular weight excluding hydrogens is 176 g/mol. The normalized spacial score (nSPS) is 31.7. The van der Waals surface area contributed by atoms with E-state index in [1.165, 1.54) is 19.3 Å². The first-order valence-corrected chi connectivity index (χ1v) is 5.83. The minimum absolute atomic E-state index is 0.123. The Morgan fingerprint density at radius 3 is 2.64 bits per heavy atom. The number of rotatable bonds is 5. The number of aliphatic hydroxyl groups excluding tert-OH is 1. The summed E-state index contributed by atoms with van der Waals surface area (Å²) in [5, 5.41) is 10.2. The van der Waals surface area contributed by atoms with E-state index in [2.05, 4.69) is 13.8 Å². The third kappa shape index (κ3) is 2.96. The second-order valence-electron chi connectivity index (χ2n) is 4.82. The fourth-order valence-electron chi connectivity index (χ4n) is 2.58. The summed E-state index contributed by atoms with van der Waals surface area (Å²) in [4.78, 5) is 0. The van der Waals surface area contributed by atoms with Gasteiger partial charge in [-0.15, -0.1) is 0 Å². The van der Waals surface area contributed by atoms with Crippen molar-refractivity contribution >= 4 is 0 Å². The quantitative estimate of drug-likeness (QED) is 0.738. The van der Waals surface area contributed by atoms with Crippen LogP contribution in [0.4, 0.5) is 0 Å². The lowest BCUT2D eigenvalue weighted by molar-refractivity contribution is 0.0294. The fraction of sp³-hybridized carbons (Fsp3) is 1.00. The average molecular weight is 200 g/mol. The third-order valence-corrected chi connectivity index (χ3v) is 3.73. The SMILES string of the molecule is COCCC(C)C(O)C1CCCC1C. The molecule has 0 bridgehead atoms. The zero-order valence-corrected chi connectivity index (χ0v) is 9.70. The van der Waals surface area contributed by atoms with Gasteiger partial charge in [-0.25, -0.2) is 0 Å². The van der Waals surface area contributed by atoms with E-state index in [4.69, 9.17) is 4.74 Å². The maximum Gasteiger partial charge on any atom is 0.0597 e. The second kappa shape index (κ2) is 5.72.